The van der Waals surface area contributed by atoms with Crippen LogP contribution in [0, 0.1) is 0 Å². The molecule has 4 rings (SSSR count). The first kappa shape index (κ1) is 12.0. The summed E-state index contributed by atoms with van der Waals surface area (Å²) in [6.45, 7) is 2.26. The molecule has 104 valence electrons. The SMILES string of the molecule is c1ccc(C2CCc3c(noc3N3CCCC3)C2)cc1. The second kappa shape index (κ2) is 4.97. The zero-order chi connectivity index (χ0) is 13.4. The van der Waals surface area contributed by atoms with Gasteiger partial charge < -0.3 is 9.42 Å². The molecule has 0 amide bonds. The summed E-state index contributed by atoms with van der Waals surface area (Å²) in [5, 5.41) is 4.36. The highest BCUT2D eigenvalue weighted by atomic mass is 16.5. The molecule has 1 saturated heterocycles. The third-order valence-electron chi connectivity index (χ3n) is 4.70. The normalized spacial score (nSPS) is 22.0. The number of rotatable bonds is 2. The molecular formula is C17H20N2O. The predicted octanol–water partition coefficient (Wildman–Crippen LogP) is 3.55. The first-order valence-electron chi connectivity index (χ1n) is 7.69. The number of benzene rings is 1. The van der Waals surface area contributed by atoms with E-state index in [0.29, 0.717) is 5.92 Å². The molecule has 1 fully saturated rings. The molecule has 3 heteroatoms. The van der Waals surface area contributed by atoms with Gasteiger partial charge in [0, 0.05) is 25.1 Å². The van der Waals surface area contributed by atoms with Crippen LogP contribution in [0.2, 0.25) is 0 Å². The van der Waals surface area contributed by atoms with Gasteiger partial charge in [-0.2, -0.15) is 0 Å². The Hall–Kier alpha value is -1.77. The fourth-order valence-electron chi connectivity index (χ4n) is 3.58. The Labute approximate surface area is 119 Å². The average Bonchev–Trinajstić information content (AvgIpc) is 3.16. The van der Waals surface area contributed by atoms with E-state index in [1.54, 1.807) is 0 Å². The Morgan fingerprint density at radius 3 is 2.70 bits per heavy atom. The minimum atomic E-state index is 0.597. The molecule has 1 aromatic heterocycles. The van der Waals surface area contributed by atoms with E-state index < -0.39 is 0 Å². The van der Waals surface area contributed by atoms with E-state index in [9.17, 15) is 0 Å². The standard InChI is InChI=1S/C17H20N2O/c1-2-6-13(7-3-1)14-8-9-15-16(12-14)18-20-17(15)19-10-4-5-11-19/h1-3,6-7,14H,4-5,8-12H2. The van der Waals surface area contributed by atoms with Crippen molar-refractivity contribution in [3.63, 3.8) is 0 Å². The summed E-state index contributed by atoms with van der Waals surface area (Å²) in [6.07, 6.45) is 5.89. The number of hydrogen-bond acceptors (Lipinski definition) is 3. The molecule has 1 atom stereocenters. The molecular weight excluding hydrogens is 248 g/mol. The lowest BCUT2D eigenvalue weighted by atomic mass is 9.83. The summed E-state index contributed by atoms with van der Waals surface area (Å²) < 4.78 is 5.66. The van der Waals surface area contributed by atoms with E-state index in [2.05, 4.69) is 40.4 Å². The van der Waals surface area contributed by atoms with Gasteiger partial charge in [-0.3, -0.25) is 0 Å². The summed E-state index contributed by atoms with van der Waals surface area (Å²) >= 11 is 0. The Kier molecular flexibility index (Phi) is 2.98. The van der Waals surface area contributed by atoms with Gasteiger partial charge in [0.15, 0.2) is 0 Å². The molecule has 1 aromatic carbocycles. The van der Waals surface area contributed by atoms with Crippen molar-refractivity contribution < 1.29 is 4.52 Å². The predicted molar refractivity (Wildman–Crippen MR) is 79.2 cm³/mol. The number of fused-ring (bicyclic) bond motifs is 1. The van der Waals surface area contributed by atoms with Crippen LogP contribution in [0.3, 0.4) is 0 Å². The molecule has 0 N–H and O–H groups in total. The van der Waals surface area contributed by atoms with Crippen LogP contribution in [0.25, 0.3) is 0 Å². The summed E-state index contributed by atoms with van der Waals surface area (Å²) in [5.41, 5.74) is 4.00. The van der Waals surface area contributed by atoms with Gasteiger partial charge >= 0.3 is 0 Å². The van der Waals surface area contributed by atoms with Crippen LogP contribution in [0.1, 0.15) is 42.0 Å². The van der Waals surface area contributed by atoms with Gasteiger partial charge in [0.1, 0.15) is 0 Å². The fourth-order valence-corrected chi connectivity index (χ4v) is 3.58. The highest BCUT2D eigenvalue weighted by Crippen LogP contribution is 2.37. The summed E-state index contributed by atoms with van der Waals surface area (Å²) in [7, 11) is 0. The average molecular weight is 268 g/mol. The van der Waals surface area contributed by atoms with Crippen molar-refractivity contribution in [1.82, 2.24) is 5.16 Å². The first-order chi connectivity index (χ1) is 9.92. The lowest BCUT2D eigenvalue weighted by Crippen LogP contribution is -2.20. The summed E-state index contributed by atoms with van der Waals surface area (Å²) in [6, 6.07) is 10.8. The second-order valence-electron chi connectivity index (χ2n) is 5.96. The minimum Gasteiger partial charge on any atom is -0.340 e. The molecule has 0 bridgehead atoms. The molecule has 2 heterocycles. The monoisotopic (exact) mass is 268 g/mol. The van der Waals surface area contributed by atoms with Crippen LogP contribution in [0.4, 0.5) is 5.88 Å². The molecule has 2 aromatic rings. The number of aromatic nitrogens is 1. The lowest BCUT2D eigenvalue weighted by Gasteiger charge is -2.23. The van der Waals surface area contributed by atoms with E-state index in [-0.39, 0.29) is 0 Å². The molecule has 0 radical (unpaired) electrons. The maximum atomic E-state index is 5.66. The Balaban J connectivity index is 1.58. The van der Waals surface area contributed by atoms with E-state index in [1.165, 1.54) is 36.1 Å². The van der Waals surface area contributed by atoms with Crippen molar-refractivity contribution in [2.24, 2.45) is 0 Å². The quantitative estimate of drug-likeness (QED) is 0.834. The molecule has 0 spiro atoms. The topological polar surface area (TPSA) is 29.3 Å². The van der Waals surface area contributed by atoms with Crippen molar-refractivity contribution in [3.05, 3.63) is 47.2 Å². The van der Waals surface area contributed by atoms with Crippen molar-refractivity contribution in [2.75, 3.05) is 18.0 Å². The number of nitrogens with zero attached hydrogens (tertiary/aromatic N) is 2. The molecule has 0 saturated carbocycles. The van der Waals surface area contributed by atoms with E-state index >= 15 is 0 Å². The van der Waals surface area contributed by atoms with Crippen molar-refractivity contribution in [1.29, 1.82) is 0 Å². The number of anilines is 1. The largest absolute Gasteiger partial charge is 0.340 e. The number of hydrogen-bond donors (Lipinski definition) is 0. The fraction of sp³-hybridized carbons (Fsp3) is 0.471. The smallest absolute Gasteiger partial charge is 0.230 e. The molecule has 2 aliphatic rings. The maximum absolute atomic E-state index is 5.66. The van der Waals surface area contributed by atoms with Gasteiger partial charge in [0.25, 0.3) is 0 Å². The Bertz CT molecular complexity index is 584. The van der Waals surface area contributed by atoms with Crippen molar-refractivity contribution in [2.45, 2.75) is 38.0 Å². The van der Waals surface area contributed by atoms with Crippen molar-refractivity contribution in [3.8, 4) is 0 Å². The van der Waals surface area contributed by atoms with Gasteiger partial charge in [0.05, 0.1) is 5.69 Å². The van der Waals surface area contributed by atoms with Crippen LogP contribution in [0.15, 0.2) is 34.9 Å². The van der Waals surface area contributed by atoms with Gasteiger partial charge in [-0.1, -0.05) is 35.5 Å². The lowest BCUT2D eigenvalue weighted by molar-refractivity contribution is 0.410. The third-order valence-corrected chi connectivity index (χ3v) is 4.70. The van der Waals surface area contributed by atoms with Gasteiger partial charge in [0.2, 0.25) is 5.88 Å². The van der Waals surface area contributed by atoms with Crippen LogP contribution in [-0.2, 0) is 12.8 Å². The van der Waals surface area contributed by atoms with Crippen molar-refractivity contribution >= 4 is 5.88 Å². The van der Waals surface area contributed by atoms with E-state index in [1.807, 2.05) is 0 Å². The van der Waals surface area contributed by atoms with E-state index in [4.69, 9.17) is 4.52 Å². The molecule has 1 unspecified atom stereocenters. The first-order valence-corrected chi connectivity index (χ1v) is 7.69. The summed E-state index contributed by atoms with van der Waals surface area (Å²) in [4.78, 5) is 2.37. The van der Waals surface area contributed by atoms with Gasteiger partial charge in [-0.25, -0.2) is 0 Å². The van der Waals surface area contributed by atoms with Crippen LogP contribution in [-0.4, -0.2) is 18.2 Å². The zero-order valence-electron chi connectivity index (χ0n) is 11.7. The molecule has 20 heavy (non-hydrogen) atoms. The van der Waals surface area contributed by atoms with Crippen LogP contribution < -0.4 is 4.90 Å². The summed E-state index contributed by atoms with van der Waals surface area (Å²) in [5.74, 6) is 1.66. The minimum absolute atomic E-state index is 0.597. The van der Waals surface area contributed by atoms with Gasteiger partial charge in [-0.05, 0) is 37.2 Å². The highest BCUT2D eigenvalue weighted by molar-refractivity contribution is 5.49. The zero-order valence-corrected chi connectivity index (χ0v) is 11.7. The highest BCUT2D eigenvalue weighted by Gasteiger charge is 2.29. The second-order valence-corrected chi connectivity index (χ2v) is 5.96. The van der Waals surface area contributed by atoms with E-state index in [0.717, 1.165) is 31.8 Å². The molecule has 1 aliphatic heterocycles. The molecule has 3 nitrogen and oxygen atoms in total. The van der Waals surface area contributed by atoms with Gasteiger partial charge in [-0.15, -0.1) is 0 Å². The third kappa shape index (κ3) is 2.01. The molecule has 1 aliphatic carbocycles. The van der Waals surface area contributed by atoms with Crippen LogP contribution >= 0.6 is 0 Å². The Morgan fingerprint density at radius 2 is 1.90 bits per heavy atom. The van der Waals surface area contributed by atoms with Crippen LogP contribution in [0.5, 0.6) is 0 Å². The Morgan fingerprint density at radius 1 is 1.10 bits per heavy atom. The maximum Gasteiger partial charge on any atom is 0.230 e.